The molecule has 7 heteroatoms. The van der Waals surface area contributed by atoms with Crippen LogP contribution >= 0.6 is 0 Å². The molecule has 0 aromatic carbocycles. The van der Waals surface area contributed by atoms with Crippen molar-refractivity contribution in [2.24, 2.45) is 0 Å². The molecule has 7 nitrogen and oxygen atoms in total. The van der Waals surface area contributed by atoms with Crippen molar-refractivity contribution in [3.63, 3.8) is 0 Å². The molecule has 0 aliphatic carbocycles. The molecule has 0 unspecified atom stereocenters. The van der Waals surface area contributed by atoms with Gasteiger partial charge in [-0.05, 0) is 0 Å². The Bertz CT molecular complexity index is 350. The summed E-state index contributed by atoms with van der Waals surface area (Å²) in [7, 11) is 1.61. The van der Waals surface area contributed by atoms with Crippen LogP contribution in [0.25, 0.3) is 0 Å². The standard InChI is InChI=1S/C9H14N4O3/c1-13(6-7-10-4-5-11-7)9(16)12-3-2-8(14)15/h4-5H,2-3,6H2,1H3,(H,10,11)(H,12,16)(H,14,15). The number of carbonyl (C=O) groups is 2. The molecular weight excluding hydrogens is 212 g/mol. The molecule has 0 spiro atoms. The molecule has 3 N–H and O–H groups in total. The smallest absolute Gasteiger partial charge is 0.317 e. The number of imidazole rings is 1. The summed E-state index contributed by atoms with van der Waals surface area (Å²) in [6.45, 7) is 0.475. The summed E-state index contributed by atoms with van der Waals surface area (Å²) < 4.78 is 0. The lowest BCUT2D eigenvalue weighted by Crippen LogP contribution is -2.38. The van der Waals surface area contributed by atoms with E-state index in [9.17, 15) is 9.59 Å². The minimum atomic E-state index is -0.936. The minimum absolute atomic E-state index is 0.0830. The van der Waals surface area contributed by atoms with Crippen LogP contribution in [-0.4, -0.2) is 45.6 Å². The first kappa shape index (κ1) is 12.0. The molecule has 0 radical (unpaired) electrons. The molecule has 0 aliphatic heterocycles. The van der Waals surface area contributed by atoms with Crippen LogP contribution in [0.1, 0.15) is 12.2 Å². The second-order valence-electron chi connectivity index (χ2n) is 3.27. The first-order chi connectivity index (χ1) is 7.59. The molecule has 0 atom stereocenters. The summed E-state index contributed by atoms with van der Waals surface area (Å²) in [5, 5.41) is 10.9. The number of hydrogen-bond donors (Lipinski definition) is 3. The molecule has 0 bridgehead atoms. The number of nitrogens with zero attached hydrogens (tertiary/aromatic N) is 2. The van der Waals surface area contributed by atoms with Crippen LogP contribution < -0.4 is 5.32 Å². The lowest BCUT2D eigenvalue weighted by molar-refractivity contribution is -0.136. The van der Waals surface area contributed by atoms with E-state index in [0.717, 1.165) is 0 Å². The average Bonchev–Trinajstić information content (AvgIpc) is 2.69. The van der Waals surface area contributed by atoms with Crippen LogP contribution in [0.3, 0.4) is 0 Å². The molecule has 0 saturated carbocycles. The third-order valence-corrected chi connectivity index (χ3v) is 1.90. The van der Waals surface area contributed by atoms with E-state index in [-0.39, 0.29) is 19.0 Å². The first-order valence-electron chi connectivity index (χ1n) is 4.78. The summed E-state index contributed by atoms with van der Waals surface area (Å²) in [5.41, 5.74) is 0. The molecule has 1 rings (SSSR count). The molecule has 0 aliphatic rings. The normalized spacial score (nSPS) is 9.81. The number of carboxylic acid groups (broad SMARTS) is 1. The maximum absolute atomic E-state index is 11.4. The molecule has 0 fully saturated rings. The average molecular weight is 226 g/mol. The highest BCUT2D eigenvalue weighted by Gasteiger charge is 2.09. The maximum Gasteiger partial charge on any atom is 0.317 e. The highest BCUT2D eigenvalue weighted by Crippen LogP contribution is 1.95. The van der Waals surface area contributed by atoms with Crippen molar-refractivity contribution in [2.75, 3.05) is 13.6 Å². The van der Waals surface area contributed by atoms with Crippen molar-refractivity contribution in [1.82, 2.24) is 20.2 Å². The van der Waals surface area contributed by atoms with Gasteiger partial charge in [-0.1, -0.05) is 0 Å². The van der Waals surface area contributed by atoms with Gasteiger partial charge >= 0.3 is 12.0 Å². The van der Waals surface area contributed by atoms with Gasteiger partial charge in [0.05, 0.1) is 13.0 Å². The Labute approximate surface area is 92.5 Å². The first-order valence-corrected chi connectivity index (χ1v) is 4.78. The van der Waals surface area contributed by atoms with Crippen molar-refractivity contribution < 1.29 is 14.7 Å². The number of amides is 2. The van der Waals surface area contributed by atoms with Gasteiger partial charge in [-0.25, -0.2) is 9.78 Å². The van der Waals surface area contributed by atoms with E-state index in [1.54, 1.807) is 19.4 Å². The van der Waals surface area contributed by atoms with Crippen LogP contribution in [0.4, 0.5) is 4.79 Å². The van der Waals surface area contributed by atoms with Gasteiger partial charge in [-0.3, -0.25) is 4.79 Å². The van der Waals surface area contributed by atoms with E-state index in [0.29, 0.717) is 12.4 Å². The summed E-state index contributed by atoms with van der Waals surface area (Å²) >= 11 is 0. The predicted octanol–water partition coefficient (Wildman–Crippen LogP) is 0.0258. The Hall–Kier alpha value is -2.05. The maximum atomic E-state index is 11.4. The number of aliphatic carboxylic acids is 1. The van der Waals surface area contributed by atoms with E-state index < -0.39 is 5.97 Å². The summed E-state index contributed by atoms with van der Waals surface area (Å²) in [6.07, 6.45) is 3.19. The van der Waals surface area contributed by atoms with E-state index in [1.807, 2.05) is 0 Å². The van der Waals surface area contributed by atoms with Crippen molar-refractivity contribution in [3.8, 4) is 0 Å². The van der Waals surface area contributed by atoms with E-state index in [1.165, 1.54) is 4.90 Å². The molecule has 0 saturated heterocycles. The number of aromatic nitrogens is 2. The van der Waals surface area contributed by atoms with Gasteiger partial charge < -0.3 is 20.3 Å². The number of hydrogen-bond acceptors (Lipinski definition) is 3. The SMILES string of the molecule is CN(Cc1ncc[nH]1)C(=O)NCCC(=O)O. The number of carboxylic acids is 1. The molecule has 1 aromatic heterocycles. The quantitative estimate of drug-likeness (QED) is 0.659. The van der Waals surface area contributed by atoms with Crippen molar-refractivity contribution in [2.45, 2.75) is 13.0 Å². The molecule has 2 amide bonds. The number of carbonyl (C=O) groups excluding carboxylic acids is 1. The number of rotatable bonds is 5. The molecular formula is C9H14N4O3. The zero-order chi connectivity index (χ0) is 12.0. The third kappa shape index (κ3) is 3.99. The van der Waals surface area contributed by atoms with Crippen LogP contribution in [0.2, 0.25) is 0 Å². The van der Waals surface area contributed by atoms with Gasteiger partial charge in [0, 0.05) is 26.0 Å². The Kier molecular flexibility index (Phi) is 4.31. The van der Waals surface area contributed by atoms with Crippen LogP contribution in [0, 0.1) is 0 Å². The van der Waals surface area contributed by atoms with Crippen LogP contribution in [0.15, 0.2) is 12.4 Å². The van der Waals surface area contributed by atoms with Gasteiger partial charge in [0.25, 0.3) is 0 Å². The Morgan fingerprint density at radius 2 is 2.38 bits per heavy atom. The Balaban J connectivity index is 2.28. The zero-order valence-electron chi connectivity index (χ0n) is 8.93. The number of nitrogens with one attached hydrogen (secondary N) is 2. The van der Waals surface area contributed by atoms with E-state index in [4.69, 9.17) is 5.11 Å². The van der Waals surface area contributed by atoms with E-state index >= 15 is 0 Å². The lowest BCUT2D eigenvalue weighted by Gasteiger charge is -2.16. The Morgan fingerprint density at radius 1 is 1.62 bits per heavy atom. The number of urea groups is 1. The fourth-order valence-corrected chi connectivity index (χ4v) is 1.09. The lowest BCUT2D eigenvalue weighted by atomic mass is 10.4. The van der Waals surface area contributed by atoms with Crippen molar-refractivity contribution in [1.29, 1.82) is 0 Å². The summed E-state index contributed by atoms with van der Waals surface area (Å²) in [4.78, 5) is 29.9. The second kappa shape index (κ2) is 5.74. The molecule has 1 heterocycles. The van der Waals surface area contributed by atoms with Gasteiger partial charge in [0.1, 0.15) is 5.82 Å². The third-order valence-electron chi connectivity index (χ3n) is 1.90. The fraction of sp³-hybridized carbons (Fsp3) is 0.444. The number of H-pyrrole nitrogens is 1. The summed E-state index contributed by atoms with van der Waals surface area (Å²) in [6, 6.07) is -0.322. The van der Waals surface area contributed by atoms with Gasteiger partial charge in [-0.15, -0.1) is 0 Å². The van der Waals surface area contributed by atoms with Crippen molar-refractivity contribution in [3.05, 3.63) is 18.2 Å². The predicted molar refractivity (Wildman–Crippen MR) is 55.7 cm³/mol. The zero-order valence-corrected chi connectivity index (χ0v) is 8.93. The van der Waals surface area contributed by atoms with Gasteiger partial charge in [0.15, 0.2) is 0 Å². The summed E-state index contributed by atoms with van der Waals surface area (Å²) in [5.74, 6) is -0.259. The molecule has 16 heavy (non-hydrogen) atoms. The van der Waals surface area contributed by atoms with Gasteiger partial charge in [0.2, 0.25) is 0 Å². The highest BCUT2D eigenvalue weighted by molar-refractivity contribution is 5.74. The van der Waals surface area contributed by atoms with Crippen LogP contribution in [-0.2, 0) is 11.3 Å². The molecule has 88 valence electrons. The highest BCUT2D eigenvalue weighted by atomic mass is 16.4. The van der Waals surface area contributed by atoms with Gasteiger partial charge in [-0.2, -0.15) is 0 Å². The minimum Gasteiger partial charge on any atom is -0.481 e. The molecule has 1 aromatic rings. The fourth-order valence-electron chi connectivity index (χ4n) is 1.09. The van der Waals surface area contributed by atoms with Crippen molar-refractivity contribution >= 4 is 12.0 Å². The largest absolute Gasteiger partial charge is 0.481 e. The van der Waals surface area contributed by atoms with Crippen LogP contribution in [0.5, 0.6) is 0 Å². The monoisotopic (exact) mass is 226 g/mol. The van der Waals surface area contributed by atoms with E-state index in [2.05, 4.69) is 15.3 Å². The topological polar surface area (TPSA) is 98.3 Å². The number of aromatic amines is 1. The second-order valence-corrected chi connectivity index (χ2v) is 3.27. The Morgan fingerprint density at radius 3 is 2.94 bits per heavy atom.